The van der Waals surface area contributed by atoms with Crippen LogP contribution in [0, 0.1) is 5.41 Å². The number of hydrogen-bond acceptors (Lipinski definition) is 3. The molecule has 1 saturated carbocycles. The molecule has 2 aliphatic rings. The monoisotopic (exact) mass is 345 g/mol. The molecule has 0 aromatic carbocycles. The van der Waals surface area contributed by atoms with Crippen molar-refractivity contribution in [2.75, 3.05) is 13.1 Å². The summed E-state index contributed by atoms with van der Waals surface area (Å²) in [5.74, 6) is 0. The highest BCUT2D eigenvalue weighted by Crippen LogP contribution is 2.38. The molecule has 0 aromatic heterocycles. The first-order valence-corrected chi connectivity index (χ1v) is 10.4. The van der Waals surface area contributed by atoms with Crippen LogP contribution in [0.15, 0.2) is 0 Å². The SMILES string of the molecule is CCC1(CC)CCN(S(=O)(=O)NC(=O)NC2CCCCC2)CC1. The Morgan fingerprint density at radius 3 is 2.17 bits per heavy atom. The van der Waals surface area contributed by atoms with E-state index in [9.17, 15) is 13.2 Å². The van der Waals surface area contributed by atoms with Crippen molar-refractivity contribution in [3.8, 4) is 0 Å². The molecule has 0 aromatic rings. The van der Waals surface area contributed by atoms with Crippen molar-refractivity contribution in [1.82, 2.24) is 14.3 Å². The first-order chi connectivity index (χ1) is 10.9. The molecule has 0 bridgehead atoms. The van der Waals surface area contributed by atoms with Crippen molar-refractivity contribution in [2.45, 2.75) is 77.7 Å². The molecule has 2 fully saturated rings. The van der Waals surface area contributed by atoms with Crippen LogP contribution in [0.3, 0.4) is 0 Å². The van der Waals surface area contributed by atoms with Crippen molar-refractivity contribution in [1.29, 1.82) is 0 Å². The largest absolute Gasteiger partial charge is 0.335 e. The Hall–Kier alpha value is -0.820. The summed E-state index contributed by atoms with van der Waals surface area (Å²) in [6.07, 6.45) is 9.15. The molecule has 1 aliphatic carbocycles. The maximum absolute atomic E-state index is 12.4. The quantitative estimate of drug-likeness (QED) is 0.804. The van der Waals surface area contributed by atoms with Gasteiger partial charge in [-0.1, -0.05) is 46.0 Å². The van der Waals surface area contributed by atoms with Gasteiger partial charge in [0.1, 0.15) is 0 Å². The van der Waals surface area contributed by atoms with E-state index in [1.54, 1.807) is 0 Å². The summed E-state index contributed by atoms with van der Waals surface area (Å²) in [7, 11) is -3.73. The van der Waals surface area contributed by atoms with Crippen LogP contribution < -0.4 is 10.0 Å². The average molecular weight is 346 g/mol. The molecule has 134 valence electrons. The van der Waals surface area contributed by atoms with Crippen LogP contribution in [0.1, 0.15) is 71.6 Å². The van der Waals surface area contributed by atoms with E-state index in [1.807, 2.05) is 0 Å². The second-order valence-electron chi connectivity index (χ2n) is 7.02. The van der Waals surface area contributed by atoms with Crippen molar-refractivity contribution < 1.29 is 13.2 Å². The number of carbonyl (C=O) groups is 1. The normalized spacial score (nSPS) is 23.4. The van der Waals surface area contributed by atoms with Crippen molar-refractivity contribution in [3.63, 3.8) is 0 Å². The number of amides is 2. The van der Waals surface area contributed by atoms with Gasteiger partial charge in [0.05, 0.1) is 0 Å². The van der Waals surface area contributed by atoms with Gasteiger partial charge in [-0.2, -0.15) is 12.7 Å². The fraction of sp³-hybridized carbons (Fsp3) is 0.938. The predicted octanol–water partition coefficient (Wildman–Crippen LogP) is 2.77. The van der Waals surface area contributed by atoms with E-state index in [0.717, 1.165) is 51.4 Å². The zero-order valence-electron chi connectivity index (χ0n) is 14.4. The Labute approximate surface area is 140 Å². The van der Waals surface area contributed by atoms with Gasteiger partial charge in [0.15, 0.2) is 0 Å². The van der Waals surface area contributed by atoms with Gasteiger partial charge in [-0.25, -0.2) is 9.52 Å². The van der Waals surface area contributed by atoms with E-state index in [4.69, 9.17) is 0 Å². The van der Waals surface area contributed by atoms with Crippen LogP contribution >= 0.6 is 0 Å². The van der Waals surface area contributed by atoms with E-state index in [1.165, 1.54) is 10.7 Å². The van der Waals surface area contributed by atoms with Gasteiger partial charge in [0, 0.05) is 19.1 Å². The summed E-state index contributed by atoms with van der Waals surface area (Å²) in [4.78, 5) is 12.0. The highest BCUT2D eigenvalue weighted by molar-refractivity contribution is 7.87. The molecule has 6 nitrogen and oxygen atoms in total. The predicted molar refractivity (Wildman–Crippen MR) is 91.3 cm³/mol. The summed E-state index contributed by atoms with van der Waals surface area (Å²) in [5.41, 5.74) is 0.260. The minimum absolute atomic E-state index is 0.105. The Balaban J connectivity index is 1.85. The molecule has 1 aliphatic heterocycles. The maximum Gasteiger partial charge on any atom is 0.329 e. The van der Waals surface area contributed by atoms with Gasteiger partial charge in [0.2, 0.25) is 0 Å². The van der Waals surface area contributed by atoms with Gasteiger partial charge in [-0.3, -0.25) is 0 Å². The lowest BCUT2D eigenvalue weighted by Gasteiger charge is -2.40. The van der Waals surface area contributed by atoms with Crippen molar-refractivity contribution >= 4 is 16.2 Å². The van der Waals surface area contributed by atoms with Gasteiger partial charge >= 0.3 is 16.2 Å². The number of piperidine rings is 1. The molecule has 0 spiro atoms. The maximum atomic E-state index is 12.4. The smallest absolute Gasteiger partial charge is 0.329 e. The highest BCUT2D eigenvalue weighted by Gasteiger charge is 2.36. The Morgan fingerprint density at radius 2 is 1.65 bits per heavy atom. The zero-order chi connectivity index (χ0) is 16.9. The number of carbonyl (C=O) groups excluding carboxylic acids is 1. The standard InChI is InChI=1S/C16H31N3O3S/c1-3-16(4-2)10-12-19(13-11-16)23(21,22)18-15(20)17-14-8-6-5-7-9-14/h14H,3-13H2,1-2H3,(H2,17,18,20). The van der Waals surface area contributed by atoms with Crippen LogP contribution in [-0.2, 0) is 10.2 Å². The molecule has 1 saturated heterocycles. The molecule has 23 heavy (non-hydrogen) atoms. The molecule has 2 rings (SSSR count). The summed E-state index contributed by atoms with van der Waals surface area (Å²) < 4.78 is 28.4. The number of urea groups is 1. The summed E-state index contributed by atoms with van der Waals surface area (Å²) in [6, 6.07) is -0.479. The summed E-state index contributed by atoms with van der Waals surface area (Å²) >= 11 is 0. The Morgan fingerprint density at radius 1 is 1.09 bits per heavy atom. The topological polar surface area (TPSA) is 78.5 Å². The minimum Gasteiger partial charge on any atom is -0.335 e. The average Bonchev–Trinajstić information content (AvgIpc) is 2.55. The highest BCUT2D eigenvalue weighted by atomic mass is 32.2. The van der Waals surface area contributed by atoms with Gasteiger partial charge in [0.25, 0.3) is 0 Å². The van der Waals surface area contributed by atoms with Crippen LogP contribution in [-0.4, -0.2) is 37.9 Å². The molecule has 2 amide bonds. The van der Waals surface area contributed by atoms with Crippen LogP contribution in [0.2, 0.25) is 0 Å². The van der Waals surface area contributed by atoms with E-state index in [0.29, 0.717) is 13.1 Å². The summed E-state index contributed by atoms with van der Waals surface area (Å²) in [5, 5.41) is 2.80. The number of rotatable bonds is 5. The zero-order valence-corrected chi connectivity index (χ0v) is 15.3. The lowest BCUT2D eigenvalue weighted by atomic mass is 9.75. The molecule has 1 heterocycles. The first kappa shape index (κ1) is 18.5. The van der Waals surface area contributed by atoms with E-state index >= 15 is 0 Å². The molecule has 0 unspecified atom stereocenters. The fourth-order valence-corrected chi connectivity index (χ4v) is 4.89. The van der Waals surface area contributed by atoms with E-state index < -0.39 is 16.2 Å². The van der Waals surface area contributed by atoms with Crippen LogP contribution in [0.5, 0.6) is 0 Å². The second kappa shape index (κ2) is 7.83. The molecular formula is C16H31N3O3S. The molecule has 0 radical (unpaired) electrons. The van der Waals surface area contributed by atoms with Gasteiger partial charge < -0.3 is 5.32 Å². The lowest BCUT2D eigenvalue weighted by molar-refractivity contribution is 0.141. The van der Waals surface area contributed by atoms with Crippen LogP contribution in [0.4, 0.5) is 4.79 Å². The number of nitrogens with zero attached hydrogens (tertiary/aromatic N) is 1. The van der Waals surface area contributed by atoms with Crippen LogP contribution in [0.25, 0.3) is 0 Å². The molecule has 0 atom stereocenters. The van der Waals surface area contributed by atoms with Crippen molar-refractivity contribution in [3.05, 3.63) is 0 Å². The lowest BCUT2D eigenvalue weighted by Crippen LogP contribution is -2.52. The first-order valence-electron chi connectivity index (χ1n) is 8.99. The summed E-state index contributed by atoms with van der Waals surface area (Å²) in [6.45, 7) is 5.33. The Bertz CT molecular complexity index is 487. The van der Waals surface area contributed by atoms with Gasteiger partial charge in [-0.15, -0.1) is 0 Å². The third kappa shape index (κ3) is 4.83. The molecule has 7 heteroatoms. The Kier molecular flexibility index (Phi) is 6.31. The number of hydrogen-bond donors (Lipinski definition) is 2. The minimum atomic E-state index is -3.73. The van der Waals surface area contributed by atoms with E-state index in [2.05, 4.69) is 23.9 Å². The van der Waals surface area contributed by atoms with Crippen molar-refractivity contribution in [2.24, 2.45) is 5.41 Å². The van der Waals surface area contributed by atoms with E-state index in [-0.39, 0.29) is 11.5 Å². The third-order valence-corrected chi connectivity index (χ3v) is 7.27. The second-order valence-corrected chi connectivity index (χ2v) is 8.69. The number of nitrogens with one attached hydrogen (secondary N) is 2. The van der Waals surface area contributed by atoms with Gasteiger partial charge in [-0.05, 0) is 31.1 Å². The molecule has 2 N–H and O–H groups in total. The molecular weight excluding hydrogens is 314 g/mol. The fourth-order valence-electron chi connectivity index (χ4n) is 3.80. The third-order valence-electron chi connectivity index (χ3n) is 5.79.